The summed E-state index contributed by atoms with van der Waals surface area (Å²) in [7, 11) is 1.33. The van der Waals surface area contributed by atoms with E-state index < -0.39 is 6.09 Å². The van der Waals surface area contributed by atoms with Crippen LogP contribution in [-0.2, 0) is 9.47 Å². The largest absolute Gasteiger partial charge is 0.453 e. The SMILES string of the molecule is COC(=O)NCCO[C@@H](c1cccc(F)c1-c1cccc(C)c1)C1CCCNC1. The Morgan fingerprint density at radius 3 is 2.86 bits per heavy atom. The number of carbonyl (C=O) groups excluding carboxylic acids is 1. The summed E-state index contributed by atoms with van der Waals surface area (Å²) in [6.07, 6.45) is 1.30. The van der Waals surface area contributed by atoms with E-state index in [1.54, 1.807) is 6.07 Å². The fraction of sp³-hybridized carbons (Fsp3) is 0.435. The van der Waals surface area contributed by atoms with Crippen LogP contribution < -0.4 is 10.6 Å². The molecule has 0 saturated carbocycles. The maximum absolute atomic E-state index is 15.0. The summed E-state index contributed by atoms with van der Waals surface area (Å²) < 4.78 is 25.8. The Bertz CT molecular complexity index is 822. The lowest BCUT2D eigenvalue weighted by Crippen LogP contribution is -2.35. The van der Waals surface area contributed by atoms with Gasteiger partial charge in [0.2, 0.25) is 0 Å². The number of ether oxygens (including phenoxy) is 2. The first-order valence-corrected chi connectivity index (χ1v) is 10.1. The second kappa shape index (κ2) is 10.4. The third kappa shape index (κ3) is 5.55. The van der Waals surface area contributed by atoms with Crippen LogP contribution in [0.15, 0.2) is 42.5 Å². The van der Waals surface area contributed by atoms with Crippen molar-refractivity contribution in [3.8, 4) is 11.1 Å². The van der Waals surface area contributed by atoms with E-state index in [-0.39, 0.29) is 17.8 Å². The molecule has 0 bridgehead atoms. The molecule has 1 aliphatic heterocycles. The van der Waals surface area contributed by atoms with Gasteiger partial charge in [0.05, 0.1) is 19.8 Å². The molecule has 2 aromatic rings. The predicted molar refractivity (Wildman–Crippen MR) is 111 cm³/mol. The number of nitrogens with one attached hydrogen (secondary N) is 2. The lowest BCUT2D eigenvalue weighted by molar-refractivity contribution is 0.00495. The summed E-state index contributed by atoms with van der Waals surface area (Å²) in [5.74, 6) is -0.0228. The van der Waals surface area contributed by atoms with Crippen LogP contribution in [0.4, 0.5) is 9.18 Å². The van der Waals surface area contributed by atoms with Gasteiger partial charge in [-0.25, -0.2) is 9.18 Å². The Morgan fingerprint density at radius 2 is 2.14 bits per heavy atom. The second-order valence-corrected chi connectivity index (χ2v) is 7.39. The number of rotatable bonds is 7. The Balaban J connectivity index is 1.90. The zero-order valence-corrected chi connectivity index (χ0v) is 17.0. The highest BCUT2D eigenvalue weighted by Crippen LogP contribution is 2.38. The van der Waals surface area contributed by atoms with Crippen LogP contribution in [-0.4, -0.2) is 39.4 Å². The Labute approximate surface area is 171 Å². The van der Waals surface area contributed by atoms with Gasteiger partial charge in [-0.05, 0) is 43.5 Å². The summed E-state index contributed by atoms with van der Waals surface area (Å²) >= 11 is 0. The lowest BCUT2D eigenvalue weighted by atomic mass is 9.85. The standard InChI is InChI=1S/C23H29FN2O3/c1-16-6-3-7-17(14-16)21-19(9-4-10-20(21)24)22(18-8-5-11-25-15-18)29-13-12-26-23(27)28-2/h3-4,6-7,9-10,14,18,22,25H,5,8,11-13,15H2,1-2H3,(H,26,27)/t18?,22-/m1/s1. The van der Waals surface area contributed by atoms with Crippen LogP contribution in [0.3, 0.4) is 0 Å². The molecule has 2 atom stereocenters. The molecule has 1 unspecified atom stereocenters. The highest BCUT2D eigenvalue weighted by atomic mass is 19.1. The molecule has 2 aromatic carbocycles. The molecule has 1 heterocycles. The van der Waals surface area contributed by atoms with Gasteiger partial charge in [0.25, 0.3) is 0 Å². The first kappa shape index (κ1) is 21.3. The van der Waals surface area contributed by atoms with E-state index in [4.69, 9.17) is 4.74 Å². The minimum absolute atomic E-state index is 0.229. The summed E-state index contributed by atoms with van der Waals surface area (Å²) in [6.45, 7) is 4.46. The second-order valence-electron chi connectivity index (χ2n) is 7.39. The number of piperidine rings is 1. The molecule has 5 nitrogen and oxygen atoms in total. The first-order chi connectivity index (χ1) is 14.1. The fourth-order valence-corrected chi connectivity index (χ4v) is 3.91. The van der Waals surface area contributed by atoms with Crippen molar-refractivity contribution < 1.29 is 18.7 Å². The van der Waals surface area contributed by atoms with E-state index >= 15 is 0 Å². The zero-order chi connectivity index (χ0) is 20.6. The molecule has 1 aliphatic rings. The number of benzene rings is 2. The van der Waals surface area contributed by atoms with Gasteiger partial charge < -0.3 is 20.1 Å². The number of alkyl carbamates (subject to hydrolysis) is 1. The maximum Gasteiger partial charge on any atom is 0.406 e. The Morgan fingerprint density at radius 1 is 1.31 bits per heavy atom. The average molecular weight is 400 g/mol. The summed E-state index contributed by atoms with van der Waals surface area (Å²) in [6, 6.07) is 13.1. The molecular formula is C23H29FN2O3. The van der Waals surface area contributed by atoms with Crippen molar-refractivity contribution >= 4 is 6.09 Å². The number of halogens is 1. The van der Waals surface area contributed by atoms with Crippen molar-refractivity contribution in [1.29, 1.82) is 0 Å². The van der Waals surface area contributed by atoms with Crippen molar-refractivity contribution in [3.63, 3.8) is 0 Å². The quantitative estimate of drug-likeness (QED) is 0.684. The number of carbonyl (C=O) groups is 1. The van der Waals surface area contributed by atoms with Crippen LogP contribution in [0.25, 0.3) is 11.1 Å². The molecule has 0 aliphatic carbocycles. The van der Waals surface area contributed by atoms with Gasteiger partial charge in [-0.2, -0.15) is 0 Å². The van der Waals surface area contributed by atoms with Crippen LogP contribution in [0.1, 0.15) is 30.1 Å². The van der Waals surface area contributed by atoms with E-state index in [2.05, 4.69) is 15.4 Å². The van der Waals surface area contributed by atoms with E-state index in [0.29, 0.717) is 18.7 Å². The number of aryl methyl sites for hydroxylation is 1. The van der Waals surface area contributed by atoms with Crippen LogP contribution in [0, 0.1) is 18.7 Å². The van der Waals surface area contributed by atoms with Crippen molar-refractivity contribution in [1.82, 2.24) is 10.6 Å². The van der Waals surface area contributed by atoms with Crippen LogP contribution in [0.2, 0.25) is 0 Å². The zero-order valence-electron chi connectivity index (χ0n) is 17.0. The number of hydrogen-bond acceptors (Lipinski definition) is 4. The van der Waals surface area contributed by atoms with Crippen LogP contribution in [0.5, 0.6) is 0 Å². The maximum atomic E-state index is 15.0. The van der Waals surface area contributed by atoms with Crippen molar-refractivity contribution in [2.75, 3.05) is 33.4 Å². The van der Waals surface area contributed by atoms with Gasteiger partial charge in [-0.1, -0.05) is 42.0 Å². The van der Waals surface area contributed by atoms with Gasteiger partial charge in [-0.15, -0.1) is 0 Å². The minimum Gasteiger partial charge on any atom is -0.453 e. The summed E-state index contributed by atoms with van der Waals surface area (Å²) in [5.41, 5.74) is 3.37. The number of hydrogen-bond donors (Lipinski definition) is 2. The van der Waals surface area contributed by atoms with Crippen LogP contribution >= 0.6 is 0 Å². The van der Waals surface area contributed by atoms with E-state index in [0.717, 1.165) is 42.6 Å². The van der Waals surface area contributed by atoms with E-state index in [1.807, 2.05) is 37.3 Å². The van der Waals surface area contributed by atoms with Gasteiger partial charge in [-0.3, -0.25) is 0 Å². The number of methoxy groups -OCH3 is 1. The molecule has 0 radical (unpaired) electrons. The molecule has 0 spiro atoms. The van der Waals surface area contributed by atoms with E-state index in [1.165, 1.54) is 13.2 Å². The molecule has 1 amide bonds. The molecular weight excluding hydrogens is 371 g/mol. The minimum atomic E-state index is -0.490. The molecule has 6 heteroatoms. The van der Waals surface area contributed by atoms with Gasteiger partial charge in [0.15, 0.2) is 0 Å². The molecule has 1 saturated heterocycles. The van der Waals surface area contributed by atoms with Gasteiger partial charge in [0, 0.05) is 24.6 Å². The van der Waals surface area contributed by atoms with Crippen molar-refractivity contribution in [3.05, 3.63) is 59.4 Å². The third-order valence-corrected chi connectivity index (χ3v) is 5.28. The fourth-order valence-electron chi connectivity index (χ4n) is 3.91. The monoisotopic (exact) mass is 400 g/mol. The van der Waals surface area contributed by atoms with Gasteiger partial charge >= 0.3 is 6.09 Å². The van der Waals surface area contributed by atoms with E-state index in [9.17, 15) is 9.18 Å². The molecule has 1 fully saturated rings. The van der Waals surface area contributed by atoms with Crippen molar-refractivity contribution in [2.45, 2.75) is 25.9 Å². The van der Waals surface area contributed by atoms with Crippen molar-refractivity contribution in [2.24, 2.45) is 5.92 Å². The lowest BCUT2D eigenvalue weighted by Gasteiger charge is -2.32. The highest BCUT2D eigenvalue weighted by molar-refractivity contribution is 5.69. The molecule has 0 aromatic heterocycles. The molecule has 3 rings (SSSR count). The summed E-state index contributed by atoms with van der Waals surface area (Å²) in [4.78, 5) is 11.3. The smallest absolute Gasteiger partial charge is 0.406 e. The topological polar surface area (TPSA) is 59.6 Å². The molecule has 2 N–H and O–H groups in total. The Hall–Kier alpha value is -2.44. The molecule has 29 heavy (non-hydrogen) atoms. The highest BCUT2D eigenvalue weighted by Gasteiger charge is 2.29. The first-order valence-electron chi connectivity index (χ1n) is 10.1. The average Bonchev–Trinajstić information content (AvgIpc) is 2.74. The predicted octanol–water partition coefficient (Wildman–Crippen LogP) is 4.21. The number of amides is 1. The summed E-state index contributed by atoms with van der Waals surface area (Å²) in [5, 5.41) is 6.05. The third-order valence-electron chi connectivity index (χ3n) is 5.28. The normalized spacial score (nSPS) is 17.6. The van der Waals surface area contributed by atoms with Gasteiger partial charge in [0.1, 0.15) is 5.82 Å². The Kier molecular flexibility index (Phi) is 7.61. The molecule has 156 valence electrons.